The SMILES string of the molecule is CCCc1nc(C(=O)NCCCOC2CCCCC2)n[nH]1. The van der Waals surface area contributed by atoms with Gasteiger partial charge in [-0.25, -0.2) is 4.98 Å². The molecule has 2 N–H and O–H groups in total. The molecule has 0 bridgehead atoms. The Labute approximate surface area is 126 Å². The van der Waals surface area contributed by atoms with E-state index in [0.717, 1.165) is 25.1 Å². The molecule has 0 saturated heterocycles. The minimum atomic E-state index is -0.216. The van der Waals surface area contributed by atoms with E-state index in [0.29, 0.717) is 19.3 Å². The van der Waals surface area contributed by atoms with Gasteiger partial charge in [0.15, 0.2) is 0 Å². The topological polar surface area (TPSA) is 79.9 Å². The highest BCUT2D eigenvalue weighted by atomic mass is 16.5. The number of amides is 1. The average molecular weight is 294 g/mol. The van der Waals surface area contributed by atoms with Crippen LogP contribution in [0.3, 0.4) is 0 Å². The zero-order valence-electron chi connectivity index (χ0n) is 12.9. The maximum atomic E-state index is 11.8. The molecule has 6 nitrogen and oxygen atoms in total. The summed E-state index contributed by atoms with van der Waals surface area (Å²) in [5.74, 6) is 0.779. The number of nitrogens with one attached hydrogen (secondary N) is 2. The lowest BCUT2D eigenvalue weighted by Gasteiger charge is -2.21. The number of ether oxygens (including phenoxy) is 1. The Morgan fingerprint density at radius 3 is 2.95 bits per heavy atom. The van der Waals surface area contributed by atoms with Gasteiger partial charge >= 0.3 is 0 Å². The molecule has 1 amide bonds. The van der Waals surface area contributed by atoms with E-state index in [2.05, 4.69) is 27.4 Å². The molecule has 1 heterocycles. The number of hydrogen-bond acceptors (Lipinski definition) is 4. The van der Waals surface area contributed by atoms with Crippen LogP contribution in [0, 0.1) is 0 Å². The standard InChI is InChI=1S/C15H26N4O2/c1-2-7-13-17-14(19-18-13)15(20)16-10-6-11-21-12-8-4-3-5-9-12/h12H,2-11H2,1H3,(H,16,20)(H,17,18,19). The molecule has 2 rings (SSSR count). The van der Waals surface area contributed by atoms with Crippen LogP contribution < -0.4 is 5.32 Å². The molecule has 0 aliphatic heterocycles. The molecular formula is C15H26N4O2. The van der Waals surface area contributed by atoms with Crippen molar-refractivity contribution in [2.45, 2.75) is 64.4 Å². The number of aromatic amines is 1. The zero-order chi connectivity index (χ0) is 14.9. The van der Waals surface area contributed by atoms with Crippen LogP contribution >= 0.6 is 0 Å². The second-order valence-corrected chi connectivity index (χ2v) is 5.60. The summed E-state index contributed by atoms with van der Waals surface area (Å²) in [6, 6.07) is 0. The van der Waals surface area contributed by atoms with Crippen LogP contribution in [0.4, 0.5) is 0 Å². The van der Waals surface area contributed by atoms with Gasteiger partial charge in [0.1, 0.15) is 5.82 Å². The van der Waals surface area contributed by atoms with Crippen LogP contribution in [0.1, 0.15) is 68.3 Å². The maximum Gasteiger partial charge on any atom is 0.290 e. The number of aryl methyl sites for hydroxylation is 1. The van der Waals surface area contributed by atoms with Crippen molar-refractivity contribution < 1.29 is 9.53 Å². The predicted octanol–water partition coefficient (Wildman–Crippen LogP) is 2.23. The lowest BCUT2D eigenvalue weighted by atomic mass is 9.98. The molecule has 6 heteroatoms. The van der Waals surface area contributed by atoms with Crippen molar-refractivity contribution >= 4 is 5.91 Å². The molecule has 0 aromatic carbocycles. The quantitative estimate of drug-likeness (QED) is 0.720. The zero-order valence-corrected chi connectivity index (χ0v) is 12.9. The molecule has 21 heavy (non-hydrogen) atoms. The molecule has 0 spiro atoms. The molecule has 0 radical (unpaired) electrons. The lowest BCUT2D eigenvalue weighted by molar-refractivity contribution is 0.0273. The Kier molecular flexibility index (Phi) is 6.66. The minimum absolute atomic E-state index is 0.216. The first kappa shape index (κ1) is 15.9. The summed E-state index contributed by atoms with van der Waals surface area (Å²) in [7, 11) is 0. The first-order valence-corrected chi connectivity index (χ1v) is 8.10. The third-order valence-electron chi connectivity index (χ3n) is 3.73. The van der Waals surface area contributed by atoms with E-state index in [4.69, 9.17) is 4.74 Å². The van der Waals surface area contributed by atoms with Gasteiger partial charge in [-0.05, 0) is 25.7 Å². The van der Waals surface area contributed by atoms with Gasteiger partial charge in [-0.15, -0.1) is 5.10 Å². The van der Waals surface area contributed by atoms with Gasteiger partial charge in [0, 0.05) is 19.6 Å². The van der Waals surface area contributed by atoms with E-state index in [1.54, 1.807) is 0 Å². The molecule has 118 valence electrons. The number of nitrogens with zero attached hydrogens (tertiary/aromatic N) is 2. The van der Waals surface area contributed by atoms with Crippen molar-refractivity contribution in [1.29, 1.82) is 0 Å². The normalized spacial score (nSPS) is 16.0. The summed E-state index contributed by atoms with van der Waals surface area (Å²) in [6.45, 7) is 3.37. The van der Waals surface area contributed by atoms with Crippen LogP contribution in [0.5, 0.6) is 0 Å². The fourth-order valence-electron chi connectivity index (χ4n) is 2.58. The first-order chi connectivity index (χ1) is 10.3. The van der Waals surface area contributed by atoms with Gasteiger partial charge in [0.2, 0.25) is 5.82 Å². The van der Waals surface area contributed by atoms with Crippen LogP contribution in [0.2, 0.25) is 0 Å². The van der Waals surface area contributed by atoms with Crippen molar-refractivity contribution in [1.82, 2.24) is 20.5 Å². The largest absolute Gasteiger partial charge is 0.378 e. The summed E-state index contributed by atoms with van der Waals surface area (Å²) in [5.41, 5.74) is 0. The summed E-state index contributed by atoms with van der Waals surface area (Å²) in [5, 5.41) is 9.54. The van der Waals surface area contributed by atoms with E-state index in [1.165, 1.54) is 32.1 Å². The minimum Gasteiger partial charge on any atom is -0.378 e. The third kappa shape index (κ3) is 5.46. The predicted molar refractivity (Wildman–Crippen MR) is 80.2 cm³/mol. The summed E-state index contributed by atoms with van der Waals surface area (Å²) < 4.78 is 5.82. The van der Waals surface area contributed by atoms with E-state index in [9.17, 15) is 4.79 Å². The first-order valence-electron chi connectivity index (χ1n) is 8.10. The van der Waals surface area contributed by atoms with Crippen molar-refractivity contribution in [2.75, 3.05) is 13.2 Å². The van der Waals surface area contributed by atoms with E-state index in [1.807, 2.05) is 0 Å². The summed E-state index contributed by atoms with van der Waals surface area (Å²) in [6.07, 6.45) is 9.33. The monoisotopic (exact) mass is 294 g/mol. The van der Waals surface area contributed by atoms with Crippen molar-refractivity contribution in [3.05, 3.63) is 11.6 Å². The van der Waals surface area contributed by atoms with Crippen molar-refractivity contribution in [2.24, 2.45) is 0 Å². The van der Waals surface area contributed by atoms with Gasteiger partial charge in [-0.1, -0.05) is 26.2 Å². The Bertz CT molecular complexity index is 427. The van der Waals surface area contributed by atoms with Gasteiger partial charge in [0.05, 0.1) is 6.10 Å². The Morgan fingerprint density at radius 1 is 1.38 bits per heavy atom. The lowest BCUT2D eigenvalue weighted by Crippen LogP contribution is -2.27. The third-order valence-corrected chi connectivity index (χ3v) is 3.73. The Balaban J connectivity index is 1.58. The maximum absolute atomic E-state index is 11.8. The summed E-state index contributed by atoms with van der Waals surface area (Å²) in [4.78, 5) is 16.0. The fourth-order valence-corrected chi connectivity index (χ4v) is 2.58. The molecule has 0 unspecified atom stereocenters. The van der Waals surface area contributed by atoms with Crippen molar-refractivity contribution in [3.8, 4) is 0 Å². The van der Waals surface area contributed by atoms with Crippen LogP contribution in [0.25, 0.3) is 0 Å². The summed E-state index contributed by atoms with van der Waals surface area (Å²) >= 11 is 0. The number of carbonyl (C=O) groups is 1. The van der Waals surface area contributed by atoms with Gasteiger partial charge in [-0.2, -0.15) is 0 Å². The van der Waals surface area contributed by atoms with Crippen LogP contribution in [-0.2, 0) is 11.2 Å². The Morgan fingerprint density at radius 2 is 2.19 bits per heavy atom. The highest BCUT2D eigenvalue weighted by Crippen LogP contribution is 2.20. The molecular weight excluding hydrogens is 268 g/mol. The van der Waals surface area contributed by atoms with E-state index >= 15 is 0 Å². The van der Waals surface area contributed by atoms with Crippen LogP contribution in [0.15, 0.2) is 0 Å². The average Bonchev–Trinajstić information content (AvgIpc) is 2.97. The fraction of sp³-hybridized carbons (Fsp3) is 0.800. The van der Waals surface area contributed by atoms with Crippen LogP contribution in [-0.4, -0.2) is 40.3 Å². The molecule has 1 aliphatic rings. The number of hydrogen-bond donors (Lipinski definition) is 2. The van der Waals surface area contributed by atoms with Gasteiger partial charge in [-0.3, -0.25) is 9.89 Å². The Hall–Kier alpha value is -1.43. The number of aromatic nitrogens is 3. The second kappa shape index (κ2) is 8.77. The number of rotatable bonds is 8. The number of H-pyrrole nitrogens is 1. The number of carbonyl (C=O) groups excluding carboxylic acids is 1. The van der Waals surface area contributed by atoms with Crippen molar-refractivity contribution in [3.63, 3.8) is 0 Å². The van der Waals surface area contributed by atoms with Gasteiger partial charge in [0.25, 0.3) is 5.91 Å². The highest BCUT2D eigenvalue weighted by molar-refractivity contribution is 5.90. The van der Waals surface area contributed by atoms with E-state index < -0.39 is 0 Å². The van der Waals surface area contributed by atoms with Gasteiger partial charge < -0.3 is 10.1 Å². The molecule has 1 aromatic rings. The highest BCUT2D eigenvalue weighted by Gasteiger charge is 2.14. The smallest absolute Gasteiger partial charge is 0.290 e. The molecule has 1 saturated carbocycles. The molecule has 1 aliphatic carbocycles. The molecule has 1 fully saturated rings. The molecule has 0 atom stereocenters. The molecule has 1 aromatic heterocycles. The second-order valence-electron chi connectivity index (χ2n) is 5.60. The van der Waals surface area contributed by atoms with E-state index in [-0.39, 0.29) is 11.7 Å².